The van der Waals surface area contributed by atoms with Gasteiger partial charge in [0.15, 0.2) is 0 Å². The van der Waals surface area contributed by atoms with Crippen molar-refractivity contribution < 1.29 is 19.1 Å². The third-order valence-corrected chi connectivity index (χ3v) is 5.08. The number of likely N-dealkylation sites (N-methyl/N-ethyl adjacent to an activating group) is 1. The van der Waals surface area contributed by atoms with Gasteiger partial charge in [-0.2, -0.15) is 0 Å². The molecule has 0 heterocycles. The van der Waals surface area contributed by atoms with Crippen LogP contribution in [0, 0.1) is 5.92 Å². The van der Waals surface area contributed by atoms with Gasteiger partial charge in [0, 0.05) is 13.1 Å². The summed E-state index contributed by atoms with van der Waals surface area (Å²) in [5.41, 5.74) is 0.859. The molecule has 0 aliphatic heterocycles. The first-order chi connectivity index (χ1) is 15.4. The SMILES string of the molecule is C=Cc1cccc(C(C(=O)NCCCC)N(CC)C(=O)C(NC(=O)OC(C)(C)C)C(C)C)c1. The highest BCUT2D eigenvalue weighted by molar-refractivity contribution is 5.92. The molecule has 1 aromatic carbocycles. The summed E-state index contributed by atoms with van der Waals surface area (Å²) in [6.07, 6.45) is 2.83. The van der Waals surface area contributed by atoms with Gasteiger partial charge >= 0.3 is 6.09 Å². The molecule has 0 aliphatic carbocycles. The fourth-order valence-corrected chi connectivity index (χ4v) is 3.41. The van der Waals surface area contributed by atoms with E-state index in [1.54, 1.807) is 26.8 Å². The quantitative estimate of drug-likeness (QED) is 0.470. The summed E-state index contributed by atoms with van der Waals surface area (Å²) < 4.78 is 5.36. The number of carbonyl (C=O) groups excluding carboxylic acids is 3. The highest BCUT2D eigenvalue weighted by Crippen LogP contribution is 2.25. The average molecular weight is 460 g/mol. The van der Waals surface area contributed by atoms with E-state index >= 15 is 0 Å². The second kappa shape index (κ2) is 13.0. The van der Waals surface area contributed by atoms with Crippen LogP contribution in [0.2, 0.25) is 0 Å². The van der Waals surface area contributed by atoms with Crippen LogP contribution < -0.4 is 10.6 Å². The molecule has 2 N–H and O–H groups in total. The lowest BCUT2D eigenvalue weighted by Crippen LogP contribution is -2.54. The molecule has 7 heteroatoms. The van der Waals surface area contributed by atoms with Crippen molar-refractivity contribution in [1.29, 1.82) is 0 Å². The molecule has 2 atom stereocenters. The Kier molecular flexibility index (Phi) is 11.1. The van der Waals surface area contributed by atoms with Crippen molar-refractivity contribution in [2.75, 3.05) is 13.1 Å². The Morgan fingerprint density at radius 3 is 2.36 bits per heavy atom. The van der Waals surface area contributed by atoms with Crippen LogP contribution in [0.1, 0.15) is 78.5 Å². The molecule has 0 fully saturated rings. The van der Waals surface area contributed by atoms with Crippen molar-refractivity contribution in [1.82, 2.24) is 15.5 Å². The number of carbonyl (C=O) groups is 3. The standard InChI is InChI=1S/C26H41N3O4/c1-9-12-16-27-23(30)22(20-15-13-14-19(10-2)17-20)29(11-3)24(31)21(18(4)5)28-25(32)33-26(6,7)8/h10,13-15,17-18,21-22H,2,9,11-12,16H2,1,3-8H3,(H,27,30)(H,28,32). The Hall–Kier alpha value is -2.83. The number of amides is 3. The van der Waals surface area contributed by atoms with Gasteiger partial charge in [0.05, 0.1) is 0 Å². The van der Waals surface area contributed by atoms with Crippen LogP contribution in [-0.2, 0) is 14.3 Å². The fraction of sp³-hybridized carbons (Fsp3) is 0.577. The highest BCUT2D eigenvalue weighted by Gasteiger charge is 2.36. The van der Waals surface area contributed by atoms with Crippen LogP contribution in [0.25, 0.3) is 6.08 Å². The van der Waals surface area contributed by atoms with E-state index in [0.717, 1.165) is 18.4 Å². The van der Waals surface area contributed by atoms with Gasteiger partial charge in [0.2, 0.25) is 11.8 Å². The Bertz CT molecular complexity index is 814. The summed E-state index contributed by atoms with van der Waals surface area (Å²) in [6.45, 7) is 17.5. The number of benzene rings is 1. The Labute approximate surface area is 198 Å². The number of rotatable bonds is 11. The molecule has 3 amide bonds. The van der Waals surface area contributed by atoms with Crippen LogP contribution in [0.3, 0.4) is 0 Å². The number of ether oxygens (including phenoxy) is 1. The van der Waals surface area contributed by atoms with E-state index in [2.05, 4.69) is 24.1 Å². The van der Waals surface area contributed by atoms with Gasteiger partial charge in [-0.25, -0.2) is 4.79 Å². The molecule has 1 aromatic rings. The van der Waals surface area contributed by atoms with Gasteiger partial charge in [-0.15, -0.1) is 0 Å². The summed E-state index contributed by atoms with van der Waals surface area (Å²) in [7, 11) is 0. The minimum Gasteiger partial charge on any atom is -0.444 e. The molecule has 2 unspecified atom stereocenters. The molecule has 1 rings (SSSR count). The van der Waals surface area contributed by atoms with E-state index in [9.17, 15) is 14.4 Å². The molecule has 0 spiro atoms. The number of unbranched alkanes of at least 4 members (excludes halogenated alkanes) is 1. The van der Waals surface area contributed by atoms with Crippen molar-refractivity contribution in [3.8, 4) is 0 Å². The normalized spacial score (nSPS) is 13.1. The zero-order valence-corrected chi connectivity index (χ0v) is 21.2. The summed E-state index contributed by atoms with van der Waals surface area (Å²) in [6, 6.07) is 5.75. The Morgan fingerprint density at radius 2 is 1.85 bits per heavy atom. The van der Waals surface area contributed by atoms with Crippen molar-refractivity contribution in [3.63, 3.8) is 0 Å². The van der Waals surface area contributed by atoms with Crippen LogP contribution in [-0.4, -0.2) is 47.5 Å². The first-order valence-corrected chi connectivity index (χ1v) is 11.7. The second-order valence-corrected chi connectivity index (χ2v) is 9.41. The van der Waals surface area contributed by atoms with E-state index in [-0.39, 0.29) is 17.7 Å². The van der Waals surface area contributed by atoms with Crippen molar-refractivity contribution >= 4 is 24.0 Å². The zero-order chi connectivity index (χ0) is 25.2. The molecule has 0 bridgehead atoms. The van der Waals surface area contributed by atoms with Crippen molar-refractivity contribution in [2.24, 2.45) is 5.92 Å². The van der Waals surface area contributed by atoms with Gasteiger partial charge in [-0.05, 0) is 57.2 Å². The Balaban J connectivity index is 3.32. The number of hydrogen-bond donors (Lipinski definition) is 2. The maximum atomic E-state index is 13.7. The van der Waals surface area contributed by atoms with E-state index in [0.29, 0.717) is 18.7 Å². The second-order valence-electron chi connectivity index (χ2n) is 9.41. The topological polar surface area (TPSA) is 87.7 Å². The van der Waals surface area contributed by atoms with Crippen molar-refractivity contribution in [3.05, 3.63) is 42.0 Å². The van der Waals surface area contributed by atoms with E-state index in [1.807, 2.05) is 45.0 Å². The smallest absolute Gasteiger partial charge is 0.408 e. The molecule has 0 aliphatic rings. The van der Waals surface area contributed by atoms with Crippen LogP contribution in [0.4, 0.5) is 4.79 Å². The molecule has 0 saturated heterocycles. The van der Waals surface area contributed by atoms with E-state index in [1.165, 1.54) is 4.90 Å². The number of nitrogens with zero attached hydrogens (tertiary/aromatic N) is 1. The first kappa shape index (κ1) is 28.2. The summed E-state index contributed by atoms with van der Waals surface area (Å²) in [5, 5.41) is 5.67. The van der Waals surface area contributed by atoms with Gasteiger partial charge in [0.1, 0.15) is 17.7 Å². The average Bonchev–Trinajstić information content (AvgIpc) is 2.73. The largest absolute Gasteiger partial charge is 0.444 e. The predicted molar refractivity (Wildman–Crippen MR) is 133 cm³/mol. The zero-order valence-electron chi connectivity index (χ0n) is 21.2. The lowest BCUT2D eigenvalue weighted by molar-refractivity contribution is -0.143. The van der Waals surface area contributed by atoms with Crippen molar-refractivity contribution in [2.45, 2.75) is 79.0 Å². The highest BCUT2D eigenvalue weighted by atomic mass is 16.6. The number of hydrogen-bond acceptors (Lipinski definition) is 4. The Morgan fingerprint density at radius 1 is 1.18 bits per heavy atom. The van der Waals surface area contributed by atoms with Gasteiger partial charge in [0.25, 0.3) is 0 Å². The fourth-order valence-electron chi connectivity index (χ4n) is 3.41. The third-order valence-electron chi connectivity index (χ3n) is 5.08. The van der Waals surface area contributed by atoms with Crippen LogP contribution in [0.15, 0.2) is 30.8 Å². The number of alkyl carbamates (subject to hydrolysis) is 1. The third kappa shape index (κ3) is 8.91. The van der Waals surface area contributed by atoms with Gasteiger partial charge < -0.3 is 20.3 Å². The molecule has 33 heavy (non-hydrogen) atoms. The van der Waals surface area contributed by atoms with Gasteiger partial charge in [-0.3, -0.25) is 9.59 Å². The monoisotopic (exact) mass is 459 g/mol. The molecule has 0 saturated carbocycles. The lowest BCUT2D eigenvalue weighted by atomic mass is 9.98. The molecule has 184 valence electrons. The van der Waals surface area contributed by atoms with Crippen LogP contribution >= 0.6 is 0 Å². The maximum absolute atomic E-state index is 13.7. The summed E-state index contributed by atoms with van der Waals surface area (Å²) >= 11 is 0. The first-order valence-electron chi connectivity index (χ1n) is 11.7. The minimum absolute atomic E-state index is 0.206. The molecule has 0 aromatic heterocycles. The van der Waals surface area contributed by atoms with E-state index in [4.69, 9.17) is 4.74 Å². The maximum Gasteiger partial charge on any atom is 0.408 e. The minimum atomic E-state index is -0.840. The molecule has 7 nitrogen and oxygen atoms in total. The summed E-state index contributed by atoms with van der Waals surface area (Å²) in [5.74, 6) is -0.792. The van der Waals surface area contributed by atoms with Gasteiger partial charge in [-0.1, -0.05) is 58.0 Å². The molecule has 0 radical (unpaired) electrons. The summed E-state index contributed by atoms with van der Waals surface area (Å²) in [4.78, 5) is 40.9. The van der Waals surface area contributed by atoms with E-state index < -0.39 is 23.8 Å². The number of nitrogens with one attached hydrogen (secondary N) is 2. The molecular weight excluding hydrogens is 418 g/mol. The molecular formula is C26H41N3O4. The predicted octanol–water partition coefficient (Wildman–Crippen LogP) is 4.68. The van der Waals surface area contributed by atoms with Crippen LogP contribution in [0.5, 0.6) is 0 Å². The lowest BCUT2D eigenvalue weighted by Gasteiger charge is -2.35.